The van der Waals surface area contributed by atoms with Gasteiger partial charge in [-0.15, -0.1) is 0 Å². The Hall–Kier alpha value is -0.270. The minimum absolute atomic E-state index is 0.112. The summed E-state index contributed by atoms with van der Waals surface area (Å²) in [6.45, 7) is 0. The molecule has 19 heavy (non-hydrogen) atoms. The quantitative estimate of drug-likeness (QED) is 0.624. The average Bonchev–Trinajstić information content (AvgIpc) is 2.22. The van der Waals surface area contributed by atoms with Gasteiger partial charge in [-0.2, -0.15) is 0 Å². The van der Waals surface area contributed by atoms with Gasteiger partial charge in [0.15, 0.2) is 0 Å². The number of amides is 1. The van der Waals surface area contributed by atoms with Gasteiger partial charge in [0, 0.05) is 5.54 Å². The molecule has 0 atom stereocenters. The van der Waals surface area contributed by atoms with Crippen molar-refractivity contribution in [3.8, 4) is 0 Å². The van der Waals surface area contributed by atoms with Gasteiger partial charge in [-0.25, -0.2) is 8.42 Å². The predicted octanol–water partition coefficient (Wildman–Crippen LogP) is 1.26. The summed E-state index contributed by atoms with van der Waals surface area (Å²) in [4.78, 5) is 11.8. The molecular formula is C12H18NO4S2-. The lowest BCUT2D eigenvalue weighted by molar-refractivity contribution is -0.124. The van der Waals surface area contributed by atoms with Crippen LogP contribution in [0, 0.1) is 17.8 Å². The molecule has 4 bridgehead atoms. The molecule has 0 saturated heterocycles. The Bertz CT molecular complexity index is 453. The van der Waals surface area contributed by atoms with E-state index in [0.717, 1.165) is 37.0 Å². The number of hydrogen-bond acceptors (Lipinski definition) is 5. The van der Waals surface area contributed by atoms with Crippen molar-refractivity contribution in [2.45, 2.75) is 44.1 Å². The first kappa shape index (κ1) is 13.7. The van der Waals surface area contributed by atoms with Crippen molar-refractivity contribution in [2.24, 2.45) is 17.8 Å². The van der Waals surface area contributed by atoms with Crippen LogP contribution < -0.4 is 5.32 Å². The van der Waals surface area contributed by atoms with E-state index >= 15 is 0 Å². The second kappa shape index (κ2) is 4.63. The molecule has 0 aliphatic heterocycles. The van der Waals surface area contributed by atoms with Crippen LogP contribution >= 0.6 is 10.8 Å². The number of rotatable bonds is 4. The molecule has 0 radical (unpaired) electrons. The lowest BCUT2D eigenvalue weighted by Crippen LogP contribution is -2.60. The Morgan fingerprint density at radius 1 is 1.16 bits per heavy atom. The van der Waals surface area contributed by atoms with E-state index in [1.54, 1.807) is 0 Å². The normalized spacial score (nSPS) is 40.4. The summed E-state index contributed by atoms with van der Waals surface area (Å²) < 4.78 is 31.6. The molecular weight excluding hydrogens is 286 g/mol. The maximum Gasteiger partial charge on any atom is 0.231 e. The molecule has 5 nitrogen and oxygen atoms in total. The first-order valence-corrected chi connectivity index (χ1v) is 9.66. The average molecular weight is 304 g/mol. The van der Waals surface area contributed by atoms with E-state index in [-0.39, 0.29) is 28.0 Å². The van der Waals surface area contributed by atoms with E-state index in [9.17, 15) is 17.8 Å². The molecule has 4 rings (SSSR count). The second-order valence-corrected chi connectivity index (χ2v) is 9.69. The maximum atomic E-state index is 11.8. The van der Waals surface area contributed by atoms with Crippen LogP contribution in [0.5, 0.6) is 0 Å². The van der Waals surface area contributed by atoms with Crippen molar-refractivity contribution in [2.75, 3.05) is 5.75 Å². The lowest BCUT2D eigenvalue weighted by Gasteiger charge is -2.56. The largest absolute Gasteiger partial charge is 0.739 e. The summed E-state index contributed by atoms with van der Waals surface area (Å²) in [6, 6.07) is 0. The van der Waals surface area contributed by atoms with Crippen LogP contribution in [-0.2, 0) is 13.9 Å². The molecule has 7 heteroatoms. The van der Waals surface area contributed by atoms with Gasteiger partial charge in [0.25, 0.3) is 0 Å². The van der Waals surface area contributed by atoms with Crippen LogP contribution in [-0.4, -0.2) is 30.2 Å². The maximum absolute atomic E-state index is 11.8. The highest BCUT2D eigenvalue weighted by molar-refractivity contribution is 8.70. The summed E-state index contributed by atoms with van der Waals surface area (Å²) in [5.41, 5.74) is -0.112. The number of hydrogen-bond donors (Lipinski definition) is 1. The van der Waals surface area contributed by atoms with Crippen LogP contribution in [0.15, 0.2) is 0 Å². The molecule has 0 aromatic carbocycles. The number of nitrogens with one attached hydrogen (secondary N) is 1. The zero-order chi connectivity index (χ0) is 13.7. The summed E-state index contributed by atoms with van der Waals surface area (Å²) in [5, 5.41) is 3.03. The van der Waals surface area contributed by atoms with Crippen LogP contribution in [0.25, 0.3) is 0 Å². The number of carbonyl (C=O) groups is 1. The third-order valence-corrected chi connectivity index (χ3v) is 6.67. The molecule has 0 unspecified atom stereocenters. The zero-order valence-electron chi connectivity index (χ0n) is 10.6. The van der Waals surface area contributed by atoms with E-state index in [2.05, 4.69) is 5.32 Å². The fourth-order valence-electron chi connectivity index (χ4n) is 4.72. The Balaban J connectivity index is 1.61. The standard InChI is InChI=1S/C12H19NO4S2/c14-11(7-18-19(15,16)17)13-12-4-8-1-9(5-12)3-10(2-8)6-12/h8-10H,1-7H2,(H,13,14)(H,15,16,17)/p-1. The van der Waals surface area contributed by atoms with E-state index in [1.165, 1.54) is 19.3 Å². The van der Waals surface area contributed by atoms with Crippen LogP contribution in [0.2, 0.25) is 0 Å². The lowest BCUT2D eigenvalue weighted by atomic mass is 9.53. The molecule has 0 spiro atoms. The number of carbonyl (C=O) groups excluding carboxylic acids is 1. The highest BCUT2D eigenvalue weighted by atomic mass is 33.1. The summed E-state index contributed by atoms with van der Waals surface area (Å²) in [7, 11) is -4.20. The van der Waals surface area contributed by atoms with Crippen molar-refractivity contribution in [3.63, 3.8) is 0 Å². The van der Waals surface area contributed by atoms with Crippen LogP contribution in [0.1, 0.15) is 38.5 Å². The van der Waals surface area contributed by atoms with Crippen molar-refractivity contribution < 1.29 is 17.8 Å². The van der Waals surface area contributed by atoms with Crippen LogP contribution in [0.3, 0.4) is 0 Å². The highest BCUT2D eigenvalue weighted by Crippen LogP contribution is 2.55. The minimum atomic E-state index is -4.38. The molecule has 0 aromatic heterocycles. The van der Waals surface area contributed by atoms with Crippen molar-refractivity contribution in [3.05, 3.63) is 0 Å². The molecule has 108 valence electrons. The van der Waals surface area contributed by atoms with Crippen LogP contribution in [0.4, 0.5) is 0 Å². The van der Waals surface area contributed by atoms with E-state index in [1.807, 2.05) is 0 Å². The van der Waals surface area contributed by atoms with Crippen molar-refractivity contribution >= 4 is 25.9 Å². The summed E-state index contributed by atoms with van der Waals surface area (Å²) in [6.07, 6.45) is 6.95. The van der Waals surface area contributed by atoms with Gasteiger partial charge in [-0.05, 0) is 67.1 Å². The Morgan fingerprint density at radius 3 is 2.05 bits per heavy atom. The molecule has 4 saturated carbocycles. The molecule has 1 N–H and O–H groups in total. The topological polar surface area (TPSA) is 86.3 Å². The van der Waals surface area contributed by atoms with Crippen molar-refractivity contribution in [1.29, 1.82) is 0 Å². The summed E-state index contributed by atoms with van der Waals surface area (Å²) in [5.74, 6) is 1.58. The summed E-state index contributed by atoms with van der Waals surface area (Å²) >= 11 is 0. The van der Waals surface area contributed by atoms with Gasteiger partial charge in [0.1, 0.15) is 9.15 Å². The van der Waals surface area contributed by atoms with E-state index < -0.39 is 9.15 Å². The monoisotopic (exact) mass is 304 g/mol. The molecule has 4 fully saturated rings. The Kier molecular flexibility index (Phi) is 3.34. The molecule has 1 amide bonds. The molecule has 0 aromatic rings. The Morgan fingerprint density at radius 2 is 1.63 bits per heavy atom. The van der Waals surface area contributed by atoms with Gasteiger partial charge in [-0.3, -0.25) is 4.79 Å². The first-order valence-electron chi connectivity index (χ1n) is 6.75. The fraction of sp³-hybridized carbons (Fsp3) is 0.917. The molecule has 4 aliphatic carbocycles. The SMILES string of the molecule is O=C(CSS(=O)(=O)[O-])NC12CC3CC(CC(C3)C1)C2. The van der Waals surface area contributed by atoms with Gasteiger partial charge in [-0.1, -0.05) is 0 Å². The van der Waals surface area contributed by atoms with Gasteiger partial charge >= 0.3 is 0 Å². The highest BCUT2D eigenvalue weighted by Gasteiger charge is 2.51. The van der Waals surface area contributed by atoms with Gasteiger partial charge in [0.05, 0.1) is 5.75 Å². The zero-order valence-corrected chi connectivity index (χ0v) is 12.3. The predicted molar refractivity (Wildman–Crippen MR) is 71.2 cm³/mol. The van der Waals surface area contributed by atoms with Crippen molar-refractivity contribution in [1.82, 2.24) is 5.32 Å². The van der Waals surface area contributed by atoms with E-state index in [0.29, 0.717) is 0 Å². The first-order chi connectivity index (χ1) is 8.84. The third kappa shape index (κ3) is 3.08. The van der Waals surface area contributed by atoms with Gasteiger partial charge < -0.3 is 9.87 Å². The second-order valence-electron chi connectivity index (χ2n) is 6.42. The molecule has 0 heterocycles. The third-order valence-electron chi connectivity index (χ3n) is 4.78. The fourth-order valence-corrected chi connectivity index (χ4v) is 5.80. The Labute approximate surface area is 117 Å². The van der Waals surface area contributed by atoms with E-state index in [4.69, 9.17) is 0 Å². The smallest absolute Gasteiger partial charge is 0.231 e. The molecule has 4 aliphatic rings. The van der Waals surface area contributed by atoms with Gasteiger partial charge in [0.2, 0.25) is 5.91 Å². The minimum Gasteiger partial charge on any atom is -0.739 e.